The van der Waals surface area contributed by atoms with Gasteiger partial charge in [-0.3, -0.25) is 4.79 Å². The van der Waals surface area contributed by atoms with Crippen LogP contribution in [0.1, 0.15) is 30.6 Å². The van der Waals surface area contributed by atoms with Crippen LogP contribution in [-0.4, -0.2) is 25.5 Å². The van der Waals surface area contributed by atoms with Crippen LogP contribution in [0.15, 0.2) is 17.5 Å². The van der Waals surface area contributed by atoms with E-state index in [4.69, 9.17) is 0 Å². The molecule has 1 aliphatic rings. The van der Waals surface area contributed by atoms with E-state index in [2.05, 4.69) is 10.6 Å². The summed E-state index contributed by atoms with van der Waals surface area (Å²) in [6.07, 6.45) is 2.45. The van der Waals surface area contributed by atoms with Gasteiger partial charge in [0.25, 0.3) is 0 Å². The van der Waals surface area contributed by atoms with E-state index in [0.29, 0.717) is 5.92 Å². The third-order valence-electron chi connectivity index (χ3n) is 3.33. The van der Waals surface area contributed by atoms with Crippen molar-refractivity contribution in [3.05, 3.63) is 22.4 Å². The van der Waals surface area contributed by atoms with Crippen molar-refractivity contribution in [3.8, 4) is 0 Å². The van der Waals surface area contributed by atoms with Crippen molar-refractivity contribution in [1.29, 1.82) is 0 Å². The molecule has 1 saturated heterocycles. The average Bonchev–Trinajstić information content (AvgIpc) is 2.90. The number of piperidine rings is 1. The molecule has 0 aromatic carbocycles. The predicted molar refractivity (Wildman–Crippen MR) is 71.3 cm³/mol. The molecule has 0 aliphatic carbocycles. The van der Waals surface area contributed by atoms with Crippen LogP contribution in [0.4, 0.5) is 0 Å². The zero-order chi connectivity index (χ0) is 12.1. The van der Waals surface area contributed by atoms with Crippen molar-refractivity contribution in [2.45, 2.75) is 25.7 Å². The van der Waals surface area contributed by atoms with Crippen LogP contribution in [0.2, 0.25) is 0 Å². The predicted octanol–water partition coefficient (Wildman–Crippen LogP) is 1.97. The zero-order valence-electron chi connectivity index (χ0n) is 10.2. The molecule has 4 heteroatoms. The number of hydrogen-bond acceptors (Lipinski definition) is 3. The van der Waals surface area contributed by atoms with Gasteiger partial charge in [0, 0.05) is 11.4 Å². The molecule has 2 heterocycles. The Kier molecular flexibility index (Phi) is 4.57. The highest BCUT2D eigenvalue weighted by atomic mass is 32.1. The first kappa shape index (κ1) is 12.6. The number of rotatable bonds is 4. The normalized spacial score (nSPS) is 22.1. The molecule has 94 valence electrons. The standard InChI is InChI=1S/C13H20N2OS/c1-10(12-5-3-7-17-12)13(16)15-9-11-4-2-6-14-8-11/h3,5,7,10-11,14H,2,4,6,8-9H2,1H3,(H,15,16). The van der Waals surface area contributed by atoms with Gasteiger partial charge < -0.3 is 10.6 Å². The molecule has 2 rings (SSSR count). The van der Waals surface area contributed by atoms with Crippen molar-refractivity contribution in [3.63, 3.8) is 0 Å². The maximum atomic E-state index is 12.0. The third kappa shape index (κ3) is 3.54. The molecule has 0 radical (unpaired) electrons. The number of thiophene rings is 1. The molecule has 1 aliphatic heterocycles. The summed E-state index contributed by atoms with van der Waals surface area (Å²) in [5, 5.41) is 8.45. The molecule has 1 fully saturated rings. The first-order valence-electron chi connectivity index (χ1n) is 6.29. The summed E-state index contributed by atoms with van der Waals surface area (Å²) in [6.45, 7) is 4.94. The minimum atomic E-state index is -0.0217. The van der Waals surface area contributed by atoms with E-state index in [0.717, 1.165) is 24.5 Å². The second-order valence-corrected chi connectivity index (χ2v) is 5.67. The highest BCUT2D eigenvalue weighted by Crippen LogP contribution is 2.20. The molecule has 1 aromatic heterocycles. The van der Waals surface area contributed by atoms with Gasteiger partial charge in [-0.2, -0.15) is 0 Å². The van der Waals surface area contributed by atoms with Gasteiger partial charge in [-0.05, 0) is 50.2 Å². The maximum Gasteiger partial charge on any atom is 0.228 e. The Labute approximate surface area is 107 Å². The van der Waals surface area contributed by atoms with E-state index in [9.17, 15) is 4.79 Å². The van der Waals surface area contributed by atoms with Gasteiger partial charge in [-0.1, -0.05) is 6.07 Å². The van der Waals surface area contributed by atoms with Crippen molar-refractivity contribution in [2.75, 3.05) is 19.6 Å². The lowest BCUT2D eigenvalue weighted by Crippen LogP contribution is -2.39. The Morgan fingerprint density at radius 3 is 3.24 bits per heavy atom. The minimum absolute atomic E-state index is 0.0217. The van der Waals surface area contributed by atoms with Crippen LogP contribution in [0.3, 0.4) is 0 Å². The molecular weight excluding hydrogens is 232 g/mol. The fraction of sp³-hybridized carbons (Fsp3) is 0.615. The molecule has 1 aromatic rings. The first-order valence-corrected chi connectivity index (χ1v) is 7.17. The minimum Gasteiger partial charge on any atom is -0.355 e. The molecule has 0 saturated carbocycles. The van der Waals surface area contributed by atoms with Gasteiger partial charge in [0.1, 0.15) is 0 Å². The second-order valence-electron chi connectivity index (χ2n) is 4.69. The van der Waals surface area contributed by atoms with E-state index in [1.54, 1.807) is 11.3 Å². The smallest absolute Gasteiger partial charge is 0.228 e. The maximum absolute atomic E-state index is 12.0. The van der Waals surface area contributed by atoms with Crippen molar-refractivity contribution < 1.29 is 4.79 Å². The molecular formula is C13H20N2OS. The highest BCUT2D eigenvalue weighted by Gasteiger charge is 2.18. The van der Waals surface area contributed by atoms with Crippen LogP contribution in [0.25, 0.3) is 0 Å². The van der Waals surface area contributed by atoms with Crippen LogP contribution < -0.4 is 10.6 Å². The summed E-state index contributed by atoms with van der Waals surface area (Å²) < 4.78 is 0. The molecule has 0 spiro atoms. The van der Waals surface area contributed by atoms with Gasteiger partial charge >= 0.3 is 0 Å². The Morgan fingerprint density at radius 1 is 1.71 bits per heavy atom. The molecule has 3 nitrogen and oxygen atoms in total. The van der Waals surface area contributed by atoms with Crippen LogP contribution >= 0.6 is 11.3 Å². The Bertz CT molecular complexity index is 344. The van der Waals surface area contributed by atoms with Gasteiger partial charge in [-0.25, -0.2) is 0 Å². The van der Waals surface area contributed by atoms with Gasteiger partial charge in [0.15, 0.2) is 0 Å². The Balaban J connectivity index is 1.76. The van der Waals surface area contributed by atoms with Crippen LogP contribution in [-0.2, 0) is 4.79 Å². The summed E-state index contributed by atoms with van der Waals surface area (Å²) in [6, 6.07) is 4.02. The van der Waals surface area contributed by atoms with E-state index >= 15 is 0 Å². The topological polar surface area (TPSA) is 41.1 Å². The van der Waals surface area contributed by atoms with E-state index < -0.39 is 0 Å². The number of carbonyl (C=O) groups excluding carboxylic acids is 1. The van der Waals surface area contributed by atoms with Crippen molar-refractivity contribution in [2.24, 2.45) is 5.92 Å². The summed E-state index contributed by atoms with van der Waals surface area (Å²) in [4.78, 5) is 13.1. The molecule has 2 N–H and O–H groups in total. The van der Waals surface area contributed by atoms with Crippen molar-refractivity contribution >= 4 is 17.2 Å². The fourth-order valence-corrected chi connectivity index (χ4v) is 2.95. The van der Waals surface area contributed by atoms with Crippen LogP contribution in [0, 0.1) is 5.92 Å². The third-order valence-corrected chi connectivity index (χ3v) is 4.38. The van der Waals surface area contributed by atoms with Gasteiger partial charge in [0.05, 0.1) is 5.92 Å². The monoisotopic (exact) mass is 252 g/mol. The van der Waals surface area contributed by atoms with Crippen LogP contribution in [0.5, 0.6) is 0 Å². The SMILES string of the molecule is CC(C(=O)NCC1CCCNC1)c1cccs1. The molecule has 2 unspecified atom stereocenters. The Morgan fingerprint density at radius 2 is 2.59 bits per heavy atom. The van der Waals surface area contributed by atoms with Crippen molar-refractivity contribution in [1.82, 2.24) is 10.6 Å². The largest absolute Gasteiger partial charge is 0.355 e. The molecule has 1 amide bonds. The lowest BCUT2D eigenvalue weighted by atomic mass is 9.99. The Hall–Kier alpha value is -0.870. The first-order chi connectivity index (χ1) is 8.27. The molecule has 17 heavy (non-hydrogen) atoms. The molecule has 2 atom stereocenters. The number of hydrogen-bond donors (Lipinski definition) is 2. The van der Waals surface area contributed by atoms with E-state index in [1.807, 2.05) is 24.4 Å². The lowest BCUT2D eigenvalue weighted by molar-refractivity contribution is -0.122. The van der Waals surface area contributed by atoms with Gasteiger partial charge in [0.2, 0.25) is 5.91 Å². The highest BCUT2D eigenvalue weighted by molar-refractivity contribution is 7.10. The number of carbonyl (C=O) groups is 1. The summed E-state index contributed by atoms with van der Waals surface area (Å²) in [5.74, 6) is 0.729. The second kappa shape index (κ2) is 6.17. The summed E-state index contributed by atoms with van der Waals surface area (Å²) >= 11 is 1.65. The number of amides is 1. The summed E-state index contributed by atoms with van der Waals surface area (Å²) in [5.41, 5.74) is 0. The molecule has 0 bridgehead atoms. The average molecular weight is 252 g/mol. The van der Waals surface area contributed by atoms with Gasteiger partial charge in [-0.15, -0.1) is 11.3 Å². The van der Waals surface area contributed by atoms with E-state index in [1.165, 1.54) is 12.8 Å². The summed E-state index contributed by atoms with van der Waals surface area (Å²) in [7, 11) is 0. The number of nitrogens with one attached hydrogen (secondary N) is 2. The lowest BCUT2D eigenvalue weighted by Gasteiger charge is -2.23. The zero-order valence-corrected chi connectivity index (χ0v) is 11.1. The quantitative estimate of drug-likeness (QED) is 0.860. The van der Waals surface area contributed by atoms with E-state index in [-0.39, 0.29) is 11.8 Å². The fourth-order valence-electron chi connectivity index (χ4n) is 2.16.